The number of hydrogen-bond acceptors (Lipinski definition) is 6. The Morgan fingerprint density at radius 1 is 1.30 bits per heavy atom. The number of hydrogen-bond donors (Lipinski definition) is 0. The maximum Gasteiger partial charge on any atom is 0.126 e. The summed E-state index contributed by atoms with van der Waals surface area (Å²) in [5.74, 6) is 0. The molecule has 3 aromatic heterocycles. The highest BCUT2D eigenvalue weighted by Crippen LogP contribution is 2.41. The van der Waals surface area contributed by atoms with Crippen molar-refractivity contribution in [1.29, 1.82) is 0 Å². The van der Waals surface area contributed by atoms with Gasteiger partial charge in [-0.15, -0.1) is 11.3 Å². The molecule has 0 atom stereocenters. The van der Waals surface area contributed by atoms with Crippen molar-refractivity contribution in [2.45, 2.75) is 57.3 Å². The molecular weight excluding hydrogens is 326 g/mol. The molecular formula is C17H18N3OS2-. The second-order valence-corrected chi connectivity index (χ2v) is 8.02. The fourth-order valence-corrected chi connectivity index (χ4v) is 4.63. The van der Waals surface area contributed by atoms with Gasteiger partial charge in [-0.2, -0.15) is 0 Å². The van der Waals surface area contributed by atoms with Gasteiger partial charge in [-0.05, 0) is 25.8 Å². The zero-order valence-corrected chi connectivity index (χ0v) is 15.1. The average Bonchev–Trinajstić information content (AvgIpc) is 2.86. The molecule has 0 unspecified atom stereocenters. The number of thiophene rings is 1. The Balaban J connectivity index is 2.11. The highest BCUT2D eigenvalue weighted by Gasteiger charge is 2.31. The fourth-order valence-electron chi connectivity index (χ4n) is 3.30. The number of rotatable bonds is 2. The molecule has 23 heavy (non-hydrogen) atoms. The lowest BCUT2D eigenvalue weighted by Crippen LogP contribution is -2.32. The first kappa shape index (κ1) is 15.2. The summed E-state index contributed by atoms with van der Waals surface area (Å²) in [6.45, 7) is 7.10. The predicted octanol–water partition coefficient (Wildman–Crippen LogP) is 3.95. The molecule has 0 saturated carbocycles. The molecule has 4 rings (SSSR count). The third-order valence-corrected chi connectivity index (χ3v) is 5.89. The maximum absolute atomic E-state index is 6.05. The summed E-state index contributed by atoms with van der Waals surface area (Å²) in [7, 11) is 0. The quantitative estimate of drug-likeness (QED) is 0.520. The lowest BCUT2D eigenvalue weighted by Gasteiger charge is -2.33. The SMILES string of the molecule is CCCc1nc2sc3c([S-])ncnc3c2c2c1COC(C)(C)C2. The van der Waals surface area contributed by atoms with Crippen molar-refractivity contribution in [3.63, 3.8) is 0 Å². The van der Waals surface area contributed by atoms with E-state index in [1.165, 1.54) is 11.1 Å². The Bertz CT molecular complexity index is 917. The summed E-state index contributed by atoms with van der Waals surface area (Å²) in [4.78, 5) is 14.6. The number of pyridine rings is 1. The lowest BCUT2D eigenvalue weighted by atomic mass is 9.88. The zero-order chi connectivity index (χ0) is 16.2. The molecule has 3 aromatic rings. The molecule has 0 bridgehead atoms. The molecule has 0 radical (unpaired) electrons. The summed E-state index contributed by atoms with van der Waals surface area (Å²) in [6, 6.07) is 0. The predicted molar refractivity (Wildman–Crippen MR) is 94.9 cm³/mol. The zero-order valence-electron chi connectivity index (χ0n) is 13.5. The van der Waals surface area contributed by atoms with Gasteiger partial charge in [0.15, 0.2) is 0 Å². The number of nitrogens with zero attached hydrogens (tertiary/aromatic N) is 3. The van der Waals surface area contributed by atoms with Crippen molar-refractivity contribution in [3.05, 3.63) is 23.1 Å². The van der Waals surface area contributed by atoms with Gasteiger partial charge in [-0.1, -0.05) is 18.4 Å². The second kappa shape index (κ2) is 5.33. The van der Waals surface area contributed by atoms with Crippen LogP contribution in [0.3, 0.4) is 0 Å². The highest BCUT2D eigenvalue weighted by molar-refractivity contribution is 7.59. The summed E-state index contributed by atoms with van der Waals surface area (Å²) < 4.78 is 7.03. The van der Waals surface area contributed by atoms with Crippen LogP contribution in [0.25, 0.3) is 20.4 Å². The summed E-state index contributed by atoms with van der Waals surface area (Å²) in [5, 5.41) is 1.78. The minimum atomic E-state index is -0.164. The van der Waals surface area contributed by atoms with E-state index in [1.807, 2.05) is 0 Å². The van der Waals surface area contributed by atoms with Crippen molar-refractivity contribution in [1.82, 2.24) is 15.0 Å². The Morgan fingerprint density at radius 3 is 2.91 bits per heavy atom. The largest absolute Gasteiger partial charge is 0.759 e. The average molecular weight is 344 g/mol. The Morgan fingerprint density at radius 2 is 2.13 bits per heavy atom. The Labute approximate surface area is 144 Å². The molecule has 120 valence electrons. The summed E-state index contributed by atoms with van der Waals surface area (Å²) in [5.41, 5.74) is 4.55. The molecule has 4 heterocycles. The van der Waals surface area contributed by atoms with E-state index in [4.69, 9.17) is 22.3 Å². The first-order valence-electron chi connectivity index (χ1n) is 7.89. The highest BCUT2D eigenvalue weighted by atomic mass is 32.1. The number of ether oxygens (including phenoxy) is 1. The molecule has 1 aliphatic rings. The Kier molecular flexibility index (Phi) is 3.51. The van der Waals surface area contributed by atoms with Crippen LogP contribution in [0.4, 0.5) is 0 Å². The van der Waals surface area contributed by atoms with E-state index in [0.717, 1.165) is 45.4 Å². The minimum absolute atomic E-state index is 0.164. The third kappa shape index (κ3) is 2.40. The van der Waals surface area contributed by atoms with Crippen LogP contribution in [0.2, 0.25) is 0 Å². The van der Waals surface area contributed by atoms with E-state index in [0.29, 0.717) is 11.6 Å². The Hall–Kier alpha value is -1.37. The van der Waals surface area contributed by atoms with Gasteiger partial charge in [-0.3, -0.25) is 4.98 Å². The van der Waals surface area contributed by atoms with Crippen molar-refractivity contribution in [2.75, 3.05) is 0 Å². The monoisotopic (exact) mass is 344 g/mol. The molecule has 0 amide bonds. The van der Waals surface area contributed by atoms with Crippen LogP contribution in [-0.2, 0) is 36.8 Å². The smallest absolute Gasteiger partial charge is 0.126 e. The number of aryl methyl sites for hydroxylation is 1. The van der Waals surface area contributed by atoms with Crippen molar-refractivity contribution < 1.29 is 4.74 Å². The molecule has 4 nitrogen and oxygen atoms in total. The molecule has 6 heteroatoms. The van der Waals surface area contributed by atoms with Gasteiger partial charge in [0.1, 0.15) is 11.2 Å². The van der Waals surface area contributed by atoms with Crippen LogP contribution in [0.15, 0.2) is 11.4 Å². The van der Waals surface area contributed by atoms with E-state index in [2.05, 4.69) is 30.7 Å². The van der Waals surface area contributed by atoms with Crippen molar-refractivity contribution in [2.24, 2.45) is 0 Å². The van der Waals surface area contributed by atoms with Crippen LogP contribution in [0.5, 0.6) is 0 Å². The topological polar surface area (TPSA) is 47.9 Å². The molecule has 1 aliphatic heterocycles. The molecule has 0 aliphatic carbocycles. The van der Waals surface area contributed by atoms with E-state index in [9.17, 15) is 0 Å². The minimum Gasteiger partial charge on any atom is -0.759 e. The normalized spacial score (nSPS) is 16.8. The van der Waals surface area contributed by atoms with Gasteiger partial charge < -0.3 is 17.4 Å². The molecule has 0 saturated heterocycles. The van der Waals surface area contributed by atoms with Crippen LogP contribution in [0, 0.1) is 0 Å². The van der Waals surface area contributed by atoms with Gasteiger partial charge in [0.25, 0.3) is 0 Å². The third-order valence-electron chi connectivity index (χ3n) is 4.37. The second-order valence-electron chi connectivity index (χ2n) is 6.63. The maximum atomic E-state index is 6.05. The van der Waals surface area contributed by atoms with E-state index in [1.54, 1.807) is 17.7 Å². The van der Waals surface area contributed by atoms with Crippen LogP contribution >= 0.6 is 11.3 Å². The van der Waals surface area contributed by atoms with Gasteiger partial charge in [0.2, 0.25) is 0 Å². The van der Waals surface area contributed by atoms with Gasteiger partial charge >= 0.3 is 0 Å². The number of fused-ring (bicyclic) bond motifs is 5. The van der Waals surface area contributed by atoms with Crippen molar-refractivity contribution >= 4 is 44.4 Å². The van der Waals surface area contributed by atoms with Crippen LogP contribution < -0.4 is 0 Å². The van der Waals surface area contributed by atoms with E-state index >= 15 is 0 Å². The fraction of sp³-hybridized carbons (Fsp3) is 0.471. The van der Waals surface area contributed by atoms with Gasteiger partial charge in [0.05, 0.1) is 22.4 Å². The summed E-state index contributed by atoms with van der Waals surface area (Å²) >= 11 is 7.01. The standard InChI is InChI=1S/C17H19N3OS2/c1-4-5-11-10-7-21-17(2,3)6-9(10)12-13-14(23-16(12)20-11)15(22)19-8-18-13/h8H,4-7H2,1-3H3,(H,18,19,22)/p-1. The van der Waals surface area contributed by atoms with E-state index < -0.39 is 0 Å². The molecule has 0 aromatic carbocycles. The van der Waals surface area contributed by atoms with Crippen LogP contribution in [0.1, 0.15) is 44.0 Å². The molecule has 0 spiro atoms. The van der Waals surface area contributed by atoms with Gasteiger partial charge in [-0.25, -0.2) is 9.97 Å². The molecule has 0 N–H and O–H groups in total. The lowest BCUT2D eigenvalue weighted by molar-refractivity contribution is -0.0401. The van der Waals surface area contributed by atoms with E-state index in [-0.39, 0.29) is 5.60 Å². The number of aromatic nitrogens is 3. The van der Waals surface area contributed by atoms with Crippen molar-refractivity contribution in [3.8, 4) is 0 Å². The first-order chi connectivity index (χ1) is 11.0. The summed E-state index contributed by atoms with van der Waals surface area (Å²) in [6.07, 6.45) is 4.49. The van der Waals surface area contributed by atoms with Gasteiger partial charge in [0, 0.05) is 23.1 Å². The van der Waals surface area contributed by atoms with Crippen LogP contribution in [-0.4, -0.2) is 20.6 Å². The molecule has 0 fully saturated rings. The first-order valence-corrected chi connectivity index (χ1v) is 9.11.